The van der Waals surface area contributed by atoms with Gasteiger partial charge in [0.05, 0.1) is 12.2 Å². The fraction of sp³-hybridized carbons (Fsp3) is 0.688. The quantitative estimate of drug-likeness (QED) is 0.377. The molecule has 0 aliphatic carbocycles. The van der Waals surface area contributed by atoms with Crippen LogP contribution in [0, 0.1) is 0 Å². The molecule has 0 aliphatic rings. The lowest BCUT2D eigenvalue weighted by Crippen LogP contribution is -2.43. The highest BCUT2D eigenvalue weighted by atomic mass is 127. The Balaban J connectivity index is 0.00000529. The molecule has 0 saturated carbocycles. The molecular formula is C16H31IN6O. The van der Waals surface area contributed by atoms with E-state index in [2.05, 4.69) is 34.6 Å². The zero-order valence-electron chi connectivity index (χ0n) is 15.6. The Hall–Kier alpha value is -1.32. The molecule has 8 heteroatoms. The Morgan fingerprint density at radius 3 is 2.62 bits per heavy atom. The molecule has 0 aromatic carbocycles. The summed E-state index contributed by atoms with van der Waals surface area (Å²) in [4.78, 5) is 17.9. The largest absolute Gasteiger partial charge is 0.355 e. The number of guanidine groups is 1. The van der Waals surface area contributed by atoms with Crippen LogP contribution in [0.25, 0.3) is 0 Å². The molecule has 0 atom stereocenters. The second-order valence-electron chi connectivity index (χ2n) is 5.97. The number of halogens is 1. The third-order valence-electron chi connectivity index (χ3n) is 3.44. The molecule has 0 spiro atoms. The maximum absolute atomic E-state index is 11.7. The maximum atomic E-state index is 11.7. The Morgan fingerprint density at radius 1 is 1.42 bits per heavy atom. The molecule has 1 aromatic rings. The van der Waals surface area contributed by atoms with Crippen LogP contribution in [0.15, 0.2) is 11.2 Å². The third kappa shape index (κ3) is 7.06. The van der Waals surface area contributed by atoms with Crippen LogP contribution in [0.5, 0.6) is 0 Å². The summed E-state index contributed by atoms with van der Waals surface area (Å²) in [6.07, 6.45) is 2.96. The van der Waals surface area contributed by atoms with Crippen LogP contribution < -0.4 is 10.6 Å². The highest BCUT2D eigenvalue weighted by Crippen LogP contribution is 2.18. The van der Waals surface area contributed by atoms with Gasteiger partial charge in [-0.05, 0) is 12.3 Å². The molecule has 0 radical (unpaired) electrons. The minimum Gasteiger partial charge on any atom is -0.355 e. The van der Waals surface area contributed by atoms with Gasteiger partial charge in [0.1, 0.15) is 0 Å². The van der Waals surface area contributed by atoms with Crippen molar-refractivity contribution in [2.45, 2.75) is 39.7 Å². The van der Waals surface area contributed by atoms with E-state index in [1.807, 2.05) is 36.8 Å². The molecule has 0 fully saturated rings. The Labute approximate surface area is 162 Å². The van der Waals surface area contributed by atoms with Crippen molar-refractivity contribution in [2.24, 2.45) is 12.0 Å². The molecule has 0 aliphatic heterocycles. The van der Waals surface area contributed by atoms with Crippen molar-refractivity contribution in [1.82, 2.24) is 25.3 Å². The fourth-order valence-electron chi connectivity index (χ4n) is 2.36. The van der Waals surface area contributed by atoms with Crippen LogP contribution in [0.1, 0.15) is 44.4 Å². The Morgan fingerprint density at radius 2 is 2.08 bits per heavy atom. The number of hydrogen-bond donors (Lipinski definition) is 2. The number of rotatable bonds is 7. The summed E-state index contributed by atoms with van der Waals surface area (Å²) in [5.74, 6) is 1.04. The lowest BCUT2D eigenvalue weighted by atomic mass is 10.1. The molecule has 0 bridgehead atoms. The van der Waals surface area contributed by atoms with Gasteiger partial charge < -0.3 is 15.5 Å². The first-order valence-electron chi connectivity index (χ1n) is 8.09. The first-order valence-corrected chi connectivity index (χ1v) is 8.09. The summed E-state index contributed by atoms with van der Waals surface area (Å²) in [5.41, 5.74) is 2.26. The van der Waals surface area contributed by atoms with Gasteiger partial charge in [-0.15, -0.1) is 24.0 Å². The third-order valence-corrected chi connectivity index (χ3v) is 3.44. The summed E-state index contributed by atoms with van der Waals surface area (Å²) in [6, 6.07) is 0. The minimum absolute atomic E-state index is 0. The van der Waals surface area contributed by atoms with E-state index in [1.54, 1.807) is 7.05 Å². The van der Waals surface area contributed by atoms with Gasteiger partial charge in [-0.2, -0.15) is 5.10 Å². The number of aryl methyl sites for hydroxylation is 1. The standard InChI is InChI=1S/C16H30N6O.HI/c1-7-8-18-14(23)9-19-16(17-4)21(5)10-13-11-22(6)20-15(13)12(2)3;/h11-12H,7-10H2,1-6H3,(H,17,19)(H,18,23);1H. The van der Waals surface area contributed by atoms with Crippen LogP contribution in [-0.4, -0.2) is 53.7 Å². The number of nitrogens with zero attached hydrogens (tertiary/aromatic N) is 4. The van der Waals surface area contributed by atoms with Gasteiger partial charge in [0.25, 0.3) is 0 Å². The maximum Gasteiger partial charge on any atom is 0.239 e. The summed E-state index contributed by atoms with van der Waals surface area (Å²) in [7, 11) is 5.60. The number of carbonyl (C=O) groups excluding carboxylic acids is 1. The number of aromatic nitrogens is 2. The lowest BCUT2D eigenvalue weighted by Gasteiger charge is -2.22. The average molecular weight is 450 g/mol. The van der Waals surface area contributed by atoms with Crippen LogP contribution in [0.2, 0.25) is 0 Å². The molecule has 138 valence electrons. The van der Waals surface area contributed by atoms with E-state index in [4.69, 9.17) is 0 Å². The van der Waals surface area contributed by atoms with Gasteiger partial charge >= 0.3 is 0 Å². The molecule has 0 unspecified atom stereocenters. The molecular weight excluding hydrogens is 419 g/mol. The molecule has 1 rings (SSSR count). The van der Waals surface area contributed by atoms with Crippen molar-refractivity contribution >= 4 is 35.8 Å². The lowest BCUT2D eigenvalue weighted by molar-refractivity contribution is -0.120. The molecule has 1 heterocycles. The van der Waals surface area contributed by atoms with Crippen LogP contribution in [-0.2, 0) is 18.4 Å². The molecule has 2 N–H and O–H groups in total. The van der Waals surface area contributed by atoms with Crippen LogP contribution in [0.4, 0.5) is 0 Å². The van der Waals surface area contributed by atoms with Gasteiger partial charge in [-0.1, -0.05) is 20.8 Å². The van der Waals surface area contributed by atoms with Crippen molar-refractivity contribution < 1.29 is 4.79 Å². The van der Waals surface area contributed by atoms with E-state index in [1.165, 1.54) is 5.56 Å². The average Bonchev–Trinajstić information content (AvgIpc) is 2.86. The summed E-state index contributed by atoms with van der Waals surface area (Å²) >= 11 is 0. The van der Waals surface area contributed by atoms with E-state index in [0.717, 1.165) is 12.1 Å². The topological polar surface area (TPSA) is 74.6 Å². The second kappa shape index (κ2) is 11.3. The number of hydrogen-bond acceptors (Lipinski definition) is 3. The van der Waals surface area contributed by atoms with Crippen molar-refractivity contribution in [3.8, 4) is 0 Å². The summed E-state index contributed by atoms with van der Waals surface area (Å²) in [6.45, 7) is 7.91. The molecule has 24 heavy (non-hydrogen) atoms. The van der Waals surface area contributed by atoms with Crippen molar-refractivity contribution in [1.29, 1.82) is 0 Å². The van der Waals surface area contributed by atoms with E-state index < -0.39 is 0 Å². The fourth-order valence-corrected chi connectivity index (χ4v) is 2.36. The number of aliphatic imine (C=N–C) groups is 1. The van der Waals surface area contributed by atoms with Crippen molar-refractivity contribution in [3.05, 3.63) is 17.5 Å². The summed E-state index contributed by atoms with van der Waals surface area (Å²) in [5, 5.41) is 10.5. The van der Waals surface area contributed by atoms with Gasteiger partial charge in [0.15, 0.2) is 5.96 Å². The van der Waals surface area contributed by atoms with E-state index in [9.17, 15) is 4.79 Å². The highest BCUT2D eigenvalue weighted by Gasteiger charge is 2.15. The van der Waals surface area contributed by atoms with Crippen molar-refractivity contribution in [2.75, 3.05) is 27.2 Å². The number of amides is 1. The van der Waals surface area contributed by atoms with Gasteiger partial charge in [-0.25, -0.2) is 0 Å². The normalized spacial score (nSPS) is 11.2. The smallest absolute Gasteiger partial charge is 0.239 e. The van der Waals surface area contributed by atoms with Gasteiger partial charge in [0, 0.05) is 46.0 Å². The Kier molecular flexibility index (Phi) is 10.7. The Bertz CT molecular complexity index is 541. The monoisotopic (exact) mass is 450 g/mol. The molecule has 1 aromatic heterocycles. The van der Waals surface area contributed by atoms with Crippen LogP contribution in [0.3, 0.4) is 0 Å². The predicted octanol–water partition coefficient (Wildman–Crippen LogP) is 1.69. The first kappa shape index (κ1) is 22.7. The van der Waals surface area contributed by atoms with Crippen molar-refractivity contribution in [3.63, 3.8) is 0 Å². The van der Waals surface area contributed by atoms with Gasteiger partial charge in [0.2, 0.25) is 5.91 Å². The predicted molar refractivity (Wildman–Crippen MR) is 109 cm³/mol. The zero-order chi connectivity index (χ0) is 17.4. The van der Waals surface area contributed by atoms with E-state index in [0.29, 0.717) is 25.0 Å². The summed E-state index contributed by atoms with van der Waals surface area (Å²) < 4.78 is 1.84. The zero-order valence-corrected chi connectivity index (χ0v) is 17.9. The van der Waals surface area contributed by atoms with E-state index >= 15 is 0 Å². The second-order valence-corrected chi connectivity index (χ2v) is 5.97. The number of carbonyl (C=O) groups is 1. The van der Waals surface area contributed by atoms with Crippen LogP contribution >= 0.6 is 24.0 Å². The molecule has 7 nitrogen and oxygen atoms in total. The highest BCUT2D eigenvalue weighted by molar-refractivity contribution is 14.0. The number of nitrogens with one attached hydrogen (secondary N) is 2. The van der Waals surface area contributed by atoms with Gasteiger partial charge in [-0.3, -0.25) is 14.5 Å². The first-order chi connectivity index (χ1) is 10.9. The van der Waals surface area contributed by atoms with E-state index in [-0.39, 0.29) is 36.4 Å². The molecule has 0 saturated heterocycles. The minimum atomic E-state index is -0.0225. The SMILES string of the molecule is CCCNC(=O)CNC(=NC)N(C)Cc1cn(C)nc1C(C)C.I. The molecule has 1 amide bonds.